The average Bonchev–Trinajstić information content (AvgIpc) is 3.01. The minimum absolute atomic E-state index is 0.0552. The fourth-order valence-corrected chi connectivity index (χ4v) is 3.44. The third-order valence-electron chi connectivity index (χ3n) is 4.85. The van der Waals surface area contributed by atoms with E-state index in [1.165, 1.54) is 6.08 Å². The topological polar surface area (TPSA) is 97.8 Å². The van der Waals surface area contributed by atoms with Crippen LogP contribution in [0.15, 0.2) is 54.1 Å². The van der Waals surface area contributed by atoms with Crippen LogP contribution in [-0.4, -0.2) is 47.4 Å². The number of esters is 1. The Kier molecular flexibility index (Phi) is 7.33. The third kappa shape index (κ3) is 5.00. The second-order valence-corrected chi connectivity index (χ2v) is 7.40. The fraction of sp³-hybridized carbons (Fsp3) is 0.208. The summed E-state index contributed by atoms with van der Waals surface area (Å²) in [6.45, 7) is 1.50. The van der Waals surface area contributed by atoms with Gasteiger partial charge in [0, 0.05) is 18.0 Å². The molecule has 0 atom stereocenters. The summed E-state index contributed by atoms with van der Waals surface area (Å²) in [6, 6.07) is 13.0. The van der Waals surface area contributed by atoms with Crippen molar-refractivity contribution >= 4 is 47.0 Å². The lowest BCUT2D eigenvalue weighted by molar-refractivity contribution is -0.140. The summed E-state index contributed by atoms with van der Waals surface area (Å²) in [5, 5.41) is 0.332. The monoisotopic (exact) mass is 453 g/mol. The largest absolute Gasteiger partial charge is 0.462 e. The first-order chi connectivity index (χ1) is 15.3. The van der Waals surface area contributed by atoms with Crippen molar-refractivity contribution in [1.29, 1.82) is 0 Å². The van der Waals surface area contributed by atoms with Crippen LogP contribution in [0.4, 0.5) is 0 Å². The summed E-state index contributed by atoms with van der Waals surface area (Å²) in [7, 11) is 0. The van der Waals surface area contributed by atoms with Crippen LogP contribution in [0.3, 0.4) is 0 Å². The average molecular weight is 454 g/mol. The van der Waals surface area contributed by atoms with Crippen LogP contribution in [0.2, 0.25) is 5.02 Å². The lowest BCUT2D eigenvalue weighted by Crippen LogP contribution is -2.32. The summed E-state index contributed by atoms with van der Waals surface area (Å²) in [5.74, 6) is -3.05. The Morgan fingerprint density at radius 1 is 0.969 bits per heavy atom. The van der Waals surface area contributed by atoms with Gasteiger partial charge in [-0.2, -0.15) is 0 Å². The van der Waals surface area contributed by atoms with Crippen LogP contribution in [-0.2, 0) is 19.1 Å². The molecule has 3 rings (SSSR count). The number of hydrogen-bond acceptors (Lipinski definition) is 6. The number of fused-ring (bicyclic) bond motifs is 1. The maximum absolute atomic E-state index is 12.7. The van der Waals surface area contributed by atoms with Gasteiger partial charge in [-0.1, -0.05) is 41.9 Å². The number of amides is 2. The van der Waals surface area contributed by atoms with Crippen LogP contribution >= 0.6 is 11.6 Å². The number of Topliss-reactive ketones (excluding diaryl/α,β-unsaturated/α-hetero) is 2. The first-order valence-electron chi connectivity index (χ1n) is 9.97. The van der Waals surface area contributed by atoms with Crippen molar-refractivity contribution in [3.05, 3.63) is 75.8 Å². The zero-order valence-electron chi connectivity index (χ0n) is 17.3. The molecule has 2 aromatic rings. The van der Waals surface area contributed by atoms with Crippen molar-refractivity contribution in [1.82, 2.24) is 4.90 Å². The zero-order valence-corrected chi connectivity index (χ0v) is 18.1. The molecule has 0 saturated carbocycles. The van der Waals surface area contributed by atoms with Gasteiger partial charge in [0.05, 0.1) is 24.2 Å². The molecule has 32 heavy (non-hydrogen) atoms. The SMILES string of the molecule is CCOC(=O)/C(=C/c1ccccc1Cl)C(=O)CC(=O)CCN1C(=O)c2ccccc2C1=O. The van der Waals surface area contributed by atoms with Crippen molar-refractivity contribution < 1.29 is 28.7 Å². The lowest BCUT2D eigenvalue weighted by Gasteiger charge is -2.13. The predicted octanol–water partition coefficient (Wildman–Crippen LogP) is 3.50. The molecule has 0 bridgehead atoms. The van der Waals surface area contributed by atoms with Gasteiger partial charge in [-0.05, 0) is 36.8 Å². The number of ether oxygens (including phenoxy) is 1. The van der Waals surface area contributed by atoms with Gasteiger partial charge >= 0.3 is 5.97 Å². The molecule has 1 heterocycles. The number of imide groups is 1. The molecule has 0 aromatic heterocycles. The van der Waals surface area contributed by atoms with Crippen molar-refractivity contribution in [3.63, 3.8) is 0 Å². The summed E-state index contributed by atoms with van der Waals surface area (Å²) in [6.07, 6.45) is 0.512. The molecule has 0 saturated heterocycles. The predicted molar refractivity (Wildman–Crippen MR) is 117 cm³/mol. The Morgan fingerprint density at radius 3 is 2.16 bits per heavy atom. The molecule has 0 fully saturated rings. The van der Waals surface area contributed by atoms with Gasteiger partial charge in [-0.25, -0.2) is 4.79 Å². The molecule has 1 aliphatic rings. The highest BCUT2D eigenvalue weighted by Crippen LogP contribution is 2.23. The number of hydrogen-bond donors (Lipinski definition) is 0. The normalized spacial score (nSPS) is 13.2. The summed E-state index contributed by atoms with van der Waals surface area (Å²) in [4.78, 5) is 63.2. The first kappa shape index (κ1) is 23.1. The Bertz CT molecular complexity index is 1100. The molecule has 1 aliphatic heterocycles. The number of carbonyl (C=O) groups excluding carboxylic acids is 5. The molecule has 164 valence electrons. The summed E-state index contributed by atoms with van der Waals surface area (Å²) < 4.78 is 4.94. The number of ketones is 2. The quantitative estimate of drug-likeness (QED) is 0.189. The number of benzene rings is 2. The van der Waals surface area contributed by atoms with E-state index in [0.717, 1.165) is 4.90 Å². The highest BCUT2D eigenvalue weighted by Gasteiger charge is 2.35. The summed E-state index contributed by atoms with van der Waals surface area (Å²) >= 11 is 6.10. The van der Waals surface area contributed by atoms with Crippen molar-refractivity contribution in [2.75, 3.05) is 13.2 Å². The van der Waals surface area contributed by atoms with E-state index in [2.05, 4.69) is 0 Å². The highest BCUT2D eigenvalue weighted by molar-refractivity contribution is 6.33. The lowest BCUT2D eigenvalue weighted by atomic mass is 10.0. The van der Waals surface area contributed by atoms with E-state index >= 15 is 0 Å². The Balaban J connectivity index is 1.68. The third-order valence-corrected chi connectivity index (χ3v) is 5.20. The molecule has 2 aromatic carbocycles. The molecular formula is C24H20ClNO6. The standard InChI is InChI=1S/C24H20ClNO6/c1-2-32-24(31)19(13-15-7-3-6-10-20(15)25)21(28)14-16(27)11-12-26-22(29)17-8-4-5-9-18(17)23(26)30/h3-10,13H,2,11-12,14H2,1H3/b19-13+. The Hall–Kier alpha value is -3.58. The molecular weight excluding hydrogens is 434 g/mol. The van der Waals surface area contributed by atoms with Gasteiger partial charge in [0.15, 0.2) is 5.78 Å². The van der Waals surface area contributed by atoms with E-state index in [-0.39, 0.29) is 36.3 Å². The molecule has 8 heteroatoms. The van der Waals surface area contributed by atoms with E-state index in [4.69, 9.17) is 16.3 Å². The highest BCUT2D eigenvalue weighted by atomic mass is 35.5. The van der Waals surface area contributed by atoms with Crippen LogP contribution in [0.1, 0.15) is 46.0 Å². The minimum Gasteiger partial charge on any atom is -0.462 e. The molecule has 0 unspecified atom stereocenters. The Morgan fingerprint density at radius 2 is 1.56 bits per heavy atom. The summed E-state index contributed by atoms with van der Waals surface area (Å²) in [5.41, 5.74) is 0.708. The van der Waals surface area contributed by atoms with Gasteiger partial charge < -0.3 is 4.74 Å². The maximum atomic E-state index is 12.7. The van der Waals surface area contributed by atoms with Gasteiger partial charge in [-0.15, -0.1) is 0 Å². The number of rotatable bonds is 9. The maximum Gasteiger partial charge on any atom is 0.341 e. The van der Waals surface area contributed by atoms with Crippen molar-refractivity contribution in [3.8, 4) is 0 Å². The smallest absolute Gasteiger partial charge is 0.341 e. The van der Waals surface area contributed by atoms with Gasteiger partial charge in [-0.3, -0.25) is 24.1 Å². The van der Waals surface area contributed by atoms with Crippen LogP contribution in [0.25, 0.3) is 6.08 Å². The van der Waals surface area contributed by atoms with Gasteiger partial charge in [0.25, 0.3) is 11.8 Å². The second kappa shape index (κ2) is 10.2. The molecule has 7 nitrogen and oxygen atoms in total. The van der Waals surface area contributed by atoms with Crippen molar-refractivity contribution in [2.45, 2.75) is 19.8 Å². The van der Waals surface area contributed by atoms with Crippen LogP contribution < -0.4 is 0 Å². The van der Waals surface area contributed by atoms with E-state index in [9.17, 15) is 24.0 Å². The molecule has 0 aliphatic carbocycles. The fourth-order valence-electron chi connectivity index (χ4n) is 3.25. The number of carbonyl (C=O) groups is 5. The zero-order chi connectivity index (χ0) is 23.3. The number of halogens is 1. The minimum atomic E-state index is -0.856. The van der Waals surface area contributed by atoms with Crippen LogP contribution in [0.5, 0.6) is 0 Å². The van der Waals surface area contributed by atoms with E-state index in [1.54, 1.807) is 55.5 Å². The van der Waals surface area contributed by atoms with Crippen molar-refractivity contribution in [2.24, 2.45) is 0 Å². The number of nitrogens with zero attached hydrogens (tertiary/aromatic N) is 1. The van der Waals surface area contributed by atoms with E-state index in [0.29, 0.717) is 10.6 Å². The second-order valence-electron chi connectivity index (χ2n) is 7.00. The van der Waals surface area contributed by atoms with Gasteiger partial charge in [0.1, 0.15) is 11.4 Å². The Labute approximate surface area is 189 Å². The molecule has 0 N–H and O–H groups in total. The first-order valence-corrected chi connectivity index (χ1v) is 10.3. The molecule has 0 radical (unpaired) electrons. The van der Waals surface area contributed by atoms with Gasteiger partial charge in [0.2, 0.25) is 0 Å². The van der Waals surface area contributed by atoms with E-state index < -0.39 is 35.8 Å². The van der Waals surface area contributed by atoms with E-state index in [1.807, 2.05) is 0 Å². The van der Waals surface area contributed by atoms with Crippen LogP contribution in [0, 0.1) is 0 Å². The molecule has 2 amide bonds. The molecule has 0 spiro atoms.